The third kappa shape index (κ3) is 2.92. The first-order valence-electron chi connectivity index (χ1n) is 5.79. The zero-order valence-electron chi connectivity index (χ0n) is 9.70. The maximum atomic E-state index is 11.7. The average Bonchev–Trinajstić information content (AvgIpc) is 2.13. The predicted molar refractivity (Wildman–Crippen MR) is 59.3 cm³/mol. The summed E-state index contributed by atoms with van der Waals surface area (Å²) in [4.78, 5) is 13.4. The molecule has 1 aliphatic heterocycles. The molecule has 0 aromatic heterocycles. The lowest BCUT2D eigenvalue weighted by Gasteiger charge is -2.47. The Morgan fingerprint density at radius 1 is 1.47 bits per heavy atom. The SMILES string of the molecule is CCCC(N)C(=O)N1CC(O)(CCC)C1. The second-order valence-electron chi connectivity index (χ2n) is 4.56. The topological polar surface area (TPSA) is 66.6 Å². The van der Waals surface area contributed by atoms with Crippen LogP contribution < -0.4 is 5.73 Å². The lowest BCUT2D eigenvalue weighted by molar-refractivity contribution is -0.158. The van der Waals surface area contributed by atoms with Crippen molar-refractivity contribution < 1.29 is 9.90 Å². The van der Waals surface area contributed by atoms with Crippen molar-refractivity contribution in [1.82, 2.24) is 4.90 Å². The van der Waals surface area contributed by atoms with Crippen LogP contribution in [-0.4, -0.2) is 40.6 Å². The van der Waals surface area contributed by atoms with Crippen molar-refractivity contribution in [3.05, 3.63) is 0 Å². The van der Waals surface area contributed by atoms with Crippen molar-refractivity contribution in [1.29, 1.82) is 0 Å². The standard InChI is InChI=1S/C11H22N2O2/c1-3-5-9(12)10(14)13-7-11(15,8-13)6-4-2/h9,15H,3-8,12H2,1-2H3. The minimum atomic E-state index is -0.643. The molecule has 1 saturated heterocycles. The molecule has 15 heavy (non-hydrogen) atoms. The fraction of sp³-hybridized carbons (Fsp3) is 0.909. The number of likely N-dealkylation sites (tertiary alicyclic amines) is 1. The van der Waals surface area contributed by atoms with Crippen LogP contribution in [0.2, 0.25) is 0 Å². The van der Waals surface area contributed by atoms with Crippen LogP contribution >= 0.6 is 0 Å². The van der Waals surface area contributed by atoms with Gasteiger partial charge in [-0.3, -0.25) is 4.79 Å². The Morgan fingerprint density at radius 3 is 2.53 bits per heavy atom. The molecule has 1 unspecified atom stereocenters. The summed E-state index contributed by atoms with van der Waals surface area (Å²) >= 11 is 0. The number of rotatable bonds is 5. The molecule has 1 rings (SSSR count). The van der Waals surface area contributed by atoms with Gasteiger partial charge in [0.1, 0.15) is 0 Å². The number of nitrogens with two attached hydrogens (primary N) is 1. The van der Waals surface area contributed by atoms with E-state index in [9.17, 15) is 9.90 Å². The molecule has 0 radical (unpaired) electrons. The summed E-state index contributed by atoms with van der Waals surface area (Å²) in [5.41, 5.74) is 5.09. The van der Waals surface area contributed by atoms with Crippen molar-refractivity contribution in [2.75, 3.05) is 13.1 Å². The first-order chi connectivity index (χ1) is 7.02. The maximum absolute atomic E-state index is 11.7. The molecule has 0 saturated carbocycles. The number of nitrogens with zero attached hydrogens (tertiary/aromatic N) is 1. The average molecular weight is 214 g/mol. The predicted octanol–water partition coefficient (Wildman–Crippen LogP) is 0.487. The number of carbonyl (C=O) groups excluding carboxylic acids is 1. The van der Waals surface area contributed by atoms with E-state index in [4.69, 9.17) is 5.73 Å². The molecule has 0 spiro atoms. The molecule has 0 aromatic rings. The third-order valence-electron chi connectivity index (χ3n) is 2.91. The molecular weight excluding hydrogens is 192 g/mol. The molecule has 1 aliphatic rings. The fourth-order valence-corrected chi connectivity index (χ4v) is 2.11. The van der Waals surface area contributed by atoms with Gasteiger partial charge in [-0.25, -0.2) is 0 Å². The minimum Gasteiger partial charge on any atom is -0.386 e. The number of amides is 1. The van der Waals surface area contributed by atoms with Crippen LogP contribution in [0, 0.1) is 0 Å². The van der Waals surface area contributed by atoms with E-state index in [2.05, 4.69) is 0 Å². The Kier molecular flexibility index (Phi) is 4.11. The van der Waals surface area contributed by atoms with E-state index < -0.39 is 5.60 Å². The molecule has 0 bridgehead atoms. The maximum Gasteiger partial charge on any atom is 0.239 e. The second-order valence-corrected chi connectivity index (χ2v) is 4.56. The van der Waals surface area contributed by atoms with Gasteiger partial charge in [0.15, 0.2) is 0 Å². The van der Waals surface area contributed by atoms with Gasteiger partial charge >= 0.3 is 0 Å². The van der Waals surface area contributed by atoms with E-state index in [-0.39, 0.29) is 11.9 Å². The van der Waals surface area contributed by atoms with Gasteiger partial charge in [0, 0.05) is 0 Å². The fourth-order valence-electron chi connectivity index (χ4n) is 2.11. The molecular formula is C11H22N2O2. The van der Waals surface area contributed by atoms with Crippen molar-refractivity contribution in [3.63, 3.8) is 0 Å². The van der Waals surface area contributed by atoms with Gasteiger partial charge in [-0.1, -0.05) is 26.7 Å². The van der Waals surface area contributed by atoms with Gasteiger partial charge in [0.25, 0.3) is 0 Å². The van der Waals surface area contributed by atoms with Gasteiger partial charge in [0.2, 0.25) is 5.91 Å². The third-order valence-corrected chi connectivity index (χ3v) is 2.91. The molecule has 1 atom stereocenters. The van der Waals surface area contributed by atoms with Gasteiger partial charge in [-0.05, 0) is 12.8 Å². The summed E-state index contributed by atoms with van der Waals surface area (Å²) < 4.78 is 0. The lowest BCUT2D eigenvalue weighted by Crippen LogP contribution is -2.65. The Labute approximate surface area is 91.4 Å². The van der Waals surface area contributed by atoms with Crippen LogP contribution in [0.5, 0.6) is 0 Å². The van der Waals surface area contributed by atoms with Crippen LogP contribution in [0.25, 0.3) is 0 Å². The van der Waals surface area contributed by atoms with E-state index in [0.29, 0.717) is 13.1 Å². The summed E-state index contributed by atoms with van der Waals surface area (Å²) in [5.74, 6) is -0.0161. The zero-order valence-corrected chi connectivity index (χ0v) is 9.70. The quantitative estimate of drug-likeness (QED) is 0.700. The van der Waals surface area contributed by atoms with Crippen LogP contribution in [0.3, 0.4) is 0 Å². The minimum absolute atomic E-state index is 0.0161. The molecule has 0 aliphatic carbocycles. The normalized spacial score (nSPS) is 20.9. The highest BCUT2D eigenvalue weighted by Gasteiger charge is 2.43. The number of β-amino-alcohol motifs (C(OH)–C–C–N with tert-alkyl or cyclic N) is 1. The lowest BCUT2D eigenvalue weighted by atomic mass is 9.88. The van der Waals surface area contributed by atoms with Crippen molar-refractivity contribution >= 4 is 5.91 Å². The van der Waals surface area contributed by atoms with Crippen LogP contribution in [0.4, 0.5) is 0 Å². The molecule has 88 valence electrons. The number of hydrogen-bond acceptors (Lipinski definition) is 3. The second kappa shape index (κ2) is 4.94. The summed E-state index contributed by atoms with van der Waals surface area (Å²) in [6, 6.07) is -0.388. The molecule has 0 aromatic carbocycles. The summed E-state index contributed by atoms with van der Waals surface area (Å²) in [5, 5.41) is 9.91. The van der Waals surface area contributed by atoms with E-state index >= 15 is 0 Å². The summed E-state index contributed by atoms with van der Waals surface area (Å²) in [7, 11) is 0. The van der Waals surface area contributed by atoms with Crippen LogP contribution in [0.1, 0.15) is 39.5 Å². The van der Waals surface area contributed by atoms with Crippen molar-refractivity contribution in [2.24, 2.45) is 5.73 Å². The van der Waals surface area contributed by atoms with Crippen LogP contribution in [-0.2, 0) is 4.79 Å². The van der Waals surface area contributed by atoms with Gasteiger partial charge in [-0.15, -0.1) is 0 Å². The highest BCUT2D eigenvalue weighted by atomic mass is 16.3. The molecule has 4 nitrogen and oxygen atoms in total. The van der Waals surface area contributed by atoms with E-state index in [1.54, 1.807) is 4.90 Å². The van der Waals surface area contributed by atoms with Crippen molar-refractivity contribution in [3.8, 4) is 0 Å². The Balaban J connectivity index is 2.34. The monoisotopic (exact) mass is 214 g/mol. The molecule has 3 N–H and O–H groups in total. The molecule has 1 amide bonds. The van der Waals surface area contributed by atoms with Gasteiger partial charge in [0.05, 0.1) is 24.7 Å². The summed E-state index contributed by atoms with van der Waals surface area (Å²) in [6.07, 6.45) is 3.35. The molecule has 1 heterocycles. The van der Waals surface area contributed by atoms with Gasteiger partial charge < -0.3 is 15.7 Å². The Hall–Kier alpha value is -0.610. The van der Waals surface area contributed by atoms with Crippen LogP contribution in [0.15, 0.2) is 0 Å². The van der Waals surface area contributed by atoms with Crippen molar-refractivity contribution in [2.45, 2.75) is 51.2 Å². The molecule has 1 fully saturated rings. The molecule has 4 heteroatoms. The van der Waals surface area contributed by atoms with Gasteiger partial charge in [-0.2, -0.15) is 0 Å². The number of carbonyl (C=O) groups is 1. The first kappa shape index (κ1) is 12.5. The Morgan fingerprint density at radius 2 is 2.07 bits per heavy atom. The summed E-state index contributed by atoms with van der Waals surface area (Å²) in [6.45, 7) is 4.95. The van der Waals surface area contributed by atoms with E-state index in [0.717, 1.165) is 25.7 Å². The first-order valence-corrected chi connectivity index (χ1v) is 5.79. The zero-order chi connectivity index (χ0) is 11.5. The Bertz CT molecular complexity index is 225. The highest BCUT2D eigenvalue weighted by Crippen LogP contribution is 2.26. The smallest absolute Gasteiger partial charge is 0.239 e. The highest BCUT2D eigenvalue weighted by molar-refractivity contribution is 5.82. The number of aliphatic hydroxyl groups is 1. The largest absolute Gasteiger partial charge is 0.386 e. The van der Waals surface area contributed by atoms with E-state index in [1.165, 1.54) is 0 Å². The van der Waals surface area contributed by atoms with E-state index in [1.807, 2.05) is 13.8 Å². The number of hydrogen-bond donors (Lipinski definition) is 2.